The average Bonchev–Trinajstić information content (AvgIpc) is 3.27. The summed E-state index contributed by atoms with van der Waals surface area (Å²) in [5.41, 5.74) is 3.55. The first-order valence-corrected chi connectivity index (χ1v) is 12.5. The van der Waals surface area contributed by atoms with Crippen molar-refractivity contribution in [2.45, 2.75) is 58.6 Å². The number of aromatic nitrogens is 1. The summed E-state index contributed by atoms with van der Waals surface area (Å²) in [6, 6.07) is 8.41. The Labute approximate surface area is 203 Å². The van der Waals surface area contributed by atoms with Gasteiger partial charge in [-0.15, -0.1) is 11.3 Å². The Bertz CT molecular complexity index is 1000. The molecule has 2 heterocycles. The van der Waals surface area contributed by atoms with E-state index in [0.717, 1.165) is 29.0 Å². The van der Waals surface area contributed by atoms with E-state index in [2.05, 4.69) is 15.6 Å². The Kier molecular flexibility index (Phi) is 9.33. The van der Waals surface area contributed by atoms with Crippen LogP contribution in [0.15, 0.2) is 35.8 Å². The summed E-state index contributed by atoms with van der Waals surface area (Å²) in [7, 11) is 0. The summed E-state index contributed by atoms with van der Waals surface area (Å²) < 4.78 is 5.26. The zero-order chi connectivity index (χ0) is 24.5. The smallest absolute Gasteiger partial charge is 0.408 e. The van der Waals surface area contributed by atoms with Gasteiger partial charge in [-0.05, 0) is 37.2 Å². The molecule has 1 aromatic carbocycles. The molecule has 9 heteroatoms. The van der Waals surface area contributed by atoms with Gasteiger partial charge in [0, 0.05) is 23.8 Å². The van der Waals surface area contributed by atoms with E-state index in [9.17, 15) is 19.2 Å². The molecule has 2 aromatic rings. The predicted molar refractivity (Wildman–Crippen MR) is 128 cm³/mol. The van der Waals surface area contributed by atoms with Crippen LogP contribution in [-0.2, 0) is 38.6 Å². The van der Waals surface area contributed by atoms with E-state index in [1.54, 1.807) is 16.8 Å². The summed E-state index contributed by atoms with van der Waals surface area (Å²) in [4.78, 5) is 56.3. The van der Waals surface area contributed by atoms with E-state index in [1.165, 1.54) is 0 Å². The Balaban J connectivity index is 1.65. The van der Waals surface area contributed by atoms with Crippen molar-refractivity contribution in [1.29, 1.82) is 0 Å². The standard InChI is InChI=1S/C25H31N3O5S/c1-16(2)22(28-25(32)33-14-17-7-4-3-5-8-17)20(29)13-18-10-11-19-21(34-15-27-19)9-6-12-26-24(31)23(18)30/h3-5,7-8,15-16,18,22H,6,9-14H2,1-2H3,(H,26,31)(H,28,32). The summed E-state index contributed by atoms with van der Waals surface area (Å²) in [6.45, 7) is 4.11. The Morgan fingerprint density at radius 2 is 1.97 bits per heavy atom. The normalized spacial score (nSPS) is 17.8. The number of thiazole rings is 1. The monoisotopic (exact) mass is 485 g/mol. The first kappa shape index (κ1) is 25.6. The number of alkyl carbamates (subject to hydrolysis) is 1. The molecule has 182 valence electrons. The number of Topliss-reactive ketones (excluding diaryl/α,β-unsaturated/α-hetero) is 2. The summed E-state index contributed by atoms with van der Waals surface area (Å²) in [5, 5.41) is 5.31. The molecule has 2 N–H and O–H groups in total. The average molecular weight is 486 g/mol. The SMILES string of the molecule is CC(C)C(NC(=O)OCc1ccccc1)C(=O)CC1CCc2ncsc2CCCNC(=O)C1=O. The van der Waals surface area contributed by atoms with E-state index in [1.807, 2.05) is 44.2 Å². The minimum Gasteiger partial charge on any atom is -0.445 e. The van der Waals surface area contributed by atoms with Gasteiger partial charge in [0.2, 0.25) is 5.78 Å². The molecule has 0 fully saturated rings. The number of hydrogen-bond donors (Lipinski definition) is 2. The molecule has 1 aliphatic heterocycles. The van der Waals surface area contributed by atoms with Crippen molar-refractivity contribution in [2.24, 2.45) is 11.8 Å². The number of aryl methyl sites for hydroxylation is 2. The minimum absolute atomic E-state index is 0.0862. The van der Waals surface area contributed by atoms with Crippen molar-refractivity contribution in [3.63, 3.8) is 0 Å². The lowest BCUT2D eigenvalue weighted by Gasteiger charge is -2.23. The first-order valence-electron chi connectivity index (χ1n) is 11.6. The highest BCUT2D eigenvalue weighted by Gasteiger charge is 2.32. The van der Waals surface area contributed by atoms with Gasteiger partial charge in [-0.1, -0.05) is 44.2 Å². The lowest BCUT2D eigenvalue weighted by Crippen LogP contribution is -2.46. The highest BCUT2D eigenvalue weighted by Crippen LogP contribution is 2.23. The second-order valence-electron chi connectivity index (χ2n) is 8.78. The number of carbonyl (C=O) groups excluding carboxylic acids is 4. The van der Waals surface area contributed by atoms with Crippen molar-refractivity contribution in [3.05, 3.63) is 52.0 Å². The van der Waals surface area contributed by atoms with Crippen LogP contribution in [0.4, 0.5) is 4.79 Å². The number of benzene rings is 1. The number of ether oxygens (including phenoxy) is 1. The molecule has 2 unspecified atom stereocenters. The summed E-state index contributed by atoms with van der Waals surface area (Å²) in [5.74, 6) is -2.54. The second kappa shape index (κ2) is 12.4. The molecule has 0 saturated heterocycles. The molecule has 1 aromatic heterocycles. The number of nitrogens with one attached hydrogen (secondary N) is 2. The van der Waals surface area contributed by atoms with Crippen LogP contribution >= 0.6 is 11.3 Å². The zero-order valence-electron chi connectivity index (χ0n) is 19.5. The van der Waals surface area contributed by atoms with Gasteiger partial charge in [0.25, 0.3) is 5.91 Å². The molecule has 3 rings (SSSR count). The van der Waals surface area contributed by atoms with E-state index in [-0.39, 0.29) is 24.7 Å². The van der Waals surface area contributed by atoms with Gasteiger partial charge in [0.15, 0.2) is 5.78 Å². The Morgan fingerprint density at radius 1 is 1.21 bits per heavy atom. The third-order valence-corrected chi connectivity index (χ3v) is 6.80. The van der Waals surface area contributed by atoms with Crippen molar-refractivity contribution in [3.8, 4) is 0 Å². The van der Waals surface area contributed by atoms with Crippen LogP contribution in [-0.4, -0.2) is 41.1 Å². The highest BCUT2D eigenvalue weighted by molar-refractivity contribution is 7.09. The highest BCUT2D eigenvalue weighted by atomic mass is 32.1. The molecule has 0 aliphatic carbocycles. The number of rotatable bonds is 7. The molecule has 0 saturated carbocycles. The molecular weight excluding hydrogens is 454 g/mol. The molecule has 2 atom stereocenters. The van der Waals surface area contributed by atoms with Gasteiger partial charge < -0.3 is 15.4 Å². The van der Waals surface area contributed by atoms with Crippen molar-refractivity contribution < 1.29 is 23.9 Å². The molecule has 34 heavy (non-hydrogen) atoms. The van der Waals surface area contributed by atoms with Gasteiger partial charge in [0.1, 0.15) is 6.61 Å². The quantitative estimate of drug-likeness (QED) is 0.582. The summed E-state index contributed by atoms with van der Waals surface area (Å²) >= 11 is 1.57. The topological polar surface area (TPSA) is 114 Å². The fourth-order valence-corrected chi connectivity index (χ4v) is 4.80. The van der Waals surface area contributed by atoms with E-state index >= 15 is 0 Å². The molecule has 0 radical (unpaired) electrons. The van der Waals surface area contributed by atoms with Gasteiger partial charge in [0.05, 0.1) is 17.2 Å². The van der Waals surface area contributed by atoms with Crippen LogP contribution in [0.5, 0.6) is 0 Å². The van der Waals surface area contributed by atoms with Gasteiger partial charge in [-0.25, -0.2) is 9.78 Å². The fourth-order valence-electron chi connectivity index (χ4n) is 3.94. The molecular formula is C25H31N3O5S. The predicted octanol–water partition coefficient (Wildman–Crippen LogP) is 3.23. The maximum atomic E-state index is 13.2. The third kappa shape index (κ3) is 7.21. The van der Waals surface area contributed by atoms with Crippen LogP contribution < -0.4 is 10.6 Å². The van der Waals surface area contributed by atoms with Gasteiger partial charge in [-0.2, -0.15) is 0 Å². The zero-order valence-corrected chi connectivity index (χ0v) is 20.4. The van der Waals surface area contributed by atoms with Crippen LogP contribution in [0.1, 0.15) is 49.2 Å². The molecule has 2 amide bonds. The van der Waals surface area contributed by atoms with Crippen molar-refractivity contribution >= 4 is 34.9 Å². The van der Waals surface area contributed by atoms with Crippen molar-refractivity contribution in [1.82, 2.24) is 15.6 Å². The molecule has 1 aliphatic rings. The van der Waals surface area contributed by atoms with Crippen LogP contribution in [0, 0.1) is 11.8 Å². The number of hydrogen-bond acceptors (Lipinski definition) is 7. The number of carbonyl (C=O) groups is 4. The Hall–Kier alpha value is -3.07. The second-order valence-corrected chi connectivity index (χ2v) is 9.72. The van der Waals surface area contributed by atoms with Gasteiger partial charge >= 0.3 is 6.09 Å². The number of amides is 2. The van der Waals surface area contributed by atoms with Crippen LogP contribution in [0.2, 0.25) is 0 Å². The molecule has 8 nitrogen and oxygen atoms in total. The molecule has 0 spiro atoms. The number of ketones is 2. The largest absolute Gasteiger partial charge is 0.445 e. The van der Waals surface area contributed by atoms with E-state index in [4.69, 9.17) is 4.74 Å². The maximum Gasteiger partial charge on any atom is 0.408 e. The van der Waals surface area contributed by atoms with Crippen molar-refractivity contribution in [2.75, 3.05) is 6.54 Å². The minimum atomic E-state index is -0.827. The Morgan fingerprint density at radius 3 is 2.71 bits per heavy atom. The summed E-state index contributed by atoms with van der Waals surface area (Å²) in [6.07, 6.45) is 1.56. The van der Waals surface area contributed by atoms with E-state index in [0.29, 0.717) is 19.4 Å². The first-order chi connectivity index (χ1) is 16.3. The molecule has 0 bridgehead atoms. The number of fused-ring (bicyclic) bond motifs is 1. The maximum absolute atomic E-state index is 13.2. The fraction of sp³-hybridized carbons (Fsp3) is 0.480. The third-order valence-electron chi connectivity index (χ3n) is 5.86. The number of nitrogens with zero attached hydrogens (tertiary/aromatic N) is 1. The van der Waals surface area contributed by atoms with Crippen LogP contribution in [0.3, 0.4) is 0 Å². The lowest BCUT2D eigenvalue weighted by molar-refractivity contribution is -0.141. The lowest BCUT2D eigenvalue weighted by atomic mass is 9.87. The van der Waals surface area contributed by atoms with Gasteiger partial charge in [-0.3, -0.25) is 14.4 Å². The van der Waals surface area contributed by atoms with Crippen LogP contribution in [0.25, 0.3) is 0 Å². The van der Waals surface area contributed by atoms with E-state index < -0.39 is 29.7 Å².